The van der Waals surface area contributed by atoms with Crippen molar-refractivity contribution in [3.8, 4) is 0 Å². The van der Waals surface area contributed by atoms with Crippen LogP contribution in [-0.2, 0) is 6.42 Å². The zero-order chi connectivity index (χ0) is 14.5. The van der Waals surface area contributed by atoms with Crippen LogP contribution in [0.25, 0.3) is 0 Å². The third-order valence-corrected chi connectivity index (χ3v) is 4.00. The molecular formula is C16H16BrCl2N. The van der Waals surface area contributed by atoms with Crippen LogP contribution in [-0.4, -0.2) is 6.54 Å². The molecule has 1 nitrogen and oxygen atoms in total. The molecule has 0 aliphatic rings. The highest BCUT2D eigenvalue weighted by Crippen LogP contribution is 2.26. The van der Waals surface area contributed by atoms with Crippen LogP contribution in [0.5, 0.6) is 0 Å². The number of rotatable bonds is 5. The van der Waals surface area contributed by atoms with E-state index in [0.29, 0.717) is 10.0 Å². The van der Waals surface area contributed by atoms with Crippen molar-refractivity contribution in [2.45, 2.75) is 19.4 Å². The fraction of sp³-hybridized carbons (Fsp3) is 0.250. The van der Waals surface area contributed by atoms with Gasteiger partial charge in [-0.15, -0.1) is 0 Å². The van der Waals surface area contributed by atoms with E-state index in [2.05, 4.69) is 40.3 Å². The van der Waals surface area contributed by atoms with Crippen molar-refractivity contribution >= 4 is 39.1 Å². The zero-order valence-electron chi connectivity index (χ0n) is 11.2. The minimum atomic E-state index is 0.200. The third-order valence-electron chi connectivity index (χ3n) is 3.07. The van der Waals surface area contributed by atoms with E-state index in [9.17, 15) is 0 Å². The Kier molecular flexibility index (Phi) is 5.91. The molecular weight excluding hydrogens is 357 g/mol. The minimum absolute atomic E-state index is 0.200. The lowest BCUT2D eigenvalue weighted by atomic mass is 9.99. The van der Waals surface area contributed by atoms with Crippen molar-refractivity contribution in [2.75, 3.05) is 6.54 Å². The highest BCUT2D eigenvalue weighted by atomic mass is 79.9. The van der Waals surface area contributed by atoms with Crippen molar-refractivity contribution < 1.29 is 0 Å². The molecule has 0 aliphatic heterocycles. The van der Waals surface area contributed by atoms with Gasteiger partial charge in [0.1, 0.15) is 0 Å². The predicted octanol–water partition coefficient (Wildman–Crippen LogP) is 5.65. The van der Waals surface area contributed by atoms with E-state index in [1.165, 1.54) is 5.56 Å². The Hall–Kier alpha value is -0.540. The lowest BCUT2D eigenvalue weighted by Crippen LogP contribution is -2.23. The summed E-state index contributed by atoms with van der Waals surface area (Å²) in [4.78, 5) is 0. The van der Waals surface area contributed by atoms with E-state index in [0.717, 1.165) is 23.0 Å². The first-order chi connectivity index (χ1) is 9.58. The third kappa shape index (κ3) is 4.49. The molecule has 0 bridgehead atoms. The van der Waals surface area contributed by atoms with Crippen molar-refractivity contribution in [1.82, 2.24) is 5.32 Å². The monoisotopic (exact) mass is 371 g/mol. The first-order valence-electron chi connectivity index (χ1n) is 6.52. The minimum Gasteiger partial charge on any atom is -0.310 e. The molecule has 1 N–H and O–H groups in total. The SMILES string of the molecule is CCNC(Cc1cccc(Br)c1)c1cc(Cl)cc(Cl)c1. The topological polar surface area (TPSA) is 12.0 Å². The Morgan fingerprint density at radius 2 is 1.80 bits per heavy atom. The Morgan fingerprint density at radius 1 is 1.10 bits per heavy atom. The van der Waals surface area contributed by atoms with Gasteiger partial charge in [0, 0.05) is 20.6 Å². The quantitative estimate of drug-likeness (QED) is 0.714. The summed E-state index contributed by atoms with van der Waals surface area (Å²) in [6, 6.07) is 14.2. The Labute approximate surface area is 138 Å². The van der Waals surface area contributed by atoms with Crippen LogP contribution in [0.1, 0.15) is 24.1 Å². The van der Waals surface area contributed by atoms with E-state index in [1.54, 1.807) is 6.07 Å². The van der Waals surface area contributed by atoms with Gasteiger partial charge in [-0.05, 0) is 54.4 Å². The van der Waals surface area contributed by atoms with Gasteiger partial charge in [-0.25, -0.2) is 0 Å². The van der Waals surface area contributed by atoms with Crippen molar-refractivity contribution in [3.05, 3.63) is 68.1 Å². The average Bonchev–Trinajstić information content (AvgIpc) is 2.37. The summed E-state index contributed by atoms with van der Waals surface area (Å²) in [7, 11) is 0. The van der Waals surface area contributed by atoms with Gasteiger partial charge in [-0.3, -0.25) is 0 Å². The van der Waals surface area contributed by atoms with Gasteiger partial charge >= 0.3 is 0 Å². The van der Waals surface area contributed by atoms with E-state index < -0.39 is 0 Å². The second-order valence-corrected chi connectivity index (χ2v) is 6.44. The Bertz CT molecular complexity index is 566. The molecule has 0 aliphatic carbocycles. The summed E-state index contributed by atoms with van der Waals surface area (Å²) in [5.74, 6) is 0. The first kappa shape index (κ1) is 15.8. The van der Waals surface area contributed by atoms with Crippen LogP contribution >= 0.6 is 39.1 Å². The summed E-state index contributed by atoms with van der Waals surface area (Å²) >= 11 is 15.7. The van der Waals surface area contributed by atoms with E-state index in [1.807, 2.05) is 24.3 Å². The molecule has 0 heterocycles. The number of halogens is 3. The summed E-state index contributed by atoms with van der Waals surface area (Å²) in [6.07, 6.45) is 0.893. The van der Waals surface area contributed by atoms with E-state index in [-0.39, 0.29) is 6.04 Å². The average molecular weight is 373 g/mol. The van der Waals surface area contributed by atoms with Crippen molar-refractivity contribution in [2.24, 2.45) is 0 Å². The number of nitrogens with one attached hydrogen (secondary N) is 1. The van der Waals surface area contributed by atoms with Crippen LogP contribution in [0.2, 0.25) is 10.0 Å². The van der Waals surface area contributed by atoms with Crippen LogP contribution in [0.3, 0.4) is 0 Å². The maximum atomic E-state index is 6.10. The summed E-state index contributed by atoms with van der Waals surface area (Å²) in [5.41, 5.74) is 2.38. The molecule has 0 spiro atoms. The van der Waals surface area contributed by atoms with Gasteiger partial charge in [-0.1, -0.05) is 58.2 Å². The molecule has 2 aromatic rings. The number of likely N-dealkylation sites (N-methyl/N-ethyl adjacent to an activating group) is 1. The molecule has 20 heavy (non-hydrogen) atoms. The van der Waals surface area contributed by atoms with Gasteiger partial charge in [0.25, 0.3) is 0 Å². The molecule has 0 saturated heterocycles. The van der Waals surface area contributed by atoms with E-state index >= 15 is 0 Å². The molecule has 0 fully saturated rings. The van der Waals surface area contributed by atoms with Gasteiger partial charge in [0.15, 0.2) is 0 Å². The van der Waals surface area contributed by atoms with E-state index in [4.69, 9.17) is 23.2 Å². The number of benzene rings is 2. The molecule has 0 saturated carbocycles. The molecule has 0 amide bonds. The van der Waals surface area contributed by atoms with Crippen LogP contribution in [0.15, 0.2) is 46.9 Å². The lowest BCUT2D eigenvalue weighted by Gasteiger charge is -2.19. The second kappa shape index (κ2) is 7.46. The number of hydrogen-bond donors (Lipinski definition) is 1. The van der Waals surface area contributed by atoms with Crippen LogP contribution in [0.4, 0.5) is 0 Å². The summed E-state index contributed by atoms with van der Waals surface area (Å²) in [6.45, 7) is 2.99. The smallest absolute Gasteiger partial charge is 0.0424 e. The molecule has 1 atom stereocenters. The predicted molar refractivity (Wildman–Crippen MR) is 90.7 cm³/mol. The molecule has 0 radical (unpaired) electrons. The molecule has 2 rings (SSSR count). The highest BCUT2D eigenvalue weighted by molar-refractivity contribution is 9.10. The molecule has 0 aromatic heterocycles. The van der Waals surface area contributed by atoms with Gasteiger partial charge in [-0.2, -0.15) is 0 Å². The lowest BCUT2D eigenvalue weighted by molar-refractivity contribution is 0.550. The molecule has 4 heteroatoms. The summed E-state index contributed by atoms with van der Waals surface area (Å²) in [5, 5.41) is 4.83. The first-order valence-corrected chi connectivity index (χ1v) is 8.07. The molecule has 1 unspecified atom stereocenters. The normalized spacial score (nSPS) is 12.4. The van der Waals surface area contributed by atoms with Crippen molar-refractivity contribution in [1.29, 1.82) is 0 Å². The van der Waals surface area contributed by atoms with Crippen molar-refractivity contribution in [3.63, 3.8) is 0 Å². The maximum absolute atomic E-state index is 6.10. The largest absolute Gasteiger partial charge is 0.310 e. The maximum Gasteiger partial charge on any atom is 0.0424 e. The van der Waals surface area contributed by atoms with Gasteiger partial charge < -0.3 is 5.32 Å². The zero-order valence-corrected chi connectivity index (χ0v) is 14.3. The molecule has 2 aromatic carbocycles. The standard InChI is InChI=1S/C16H16BrCl2N/c1-2-20-16(7-11-4-3-5-13(17)6-11)12-8-14(18)10-15(19)9-12/h3-6,8-10,16,20H,2,7H2,1H3. The highest BCUT2D eigenvalue weighted by Gasteiger charge is 2.13. The summed E-state index contributed by atoms with van der Waals surface area (Å²) < 4.78 is 1.09. The second-order valence-electron chi connectivity index (χ2n) is 4.65. The fourth-order valence-electron chi connectivity index (χ4n) is 2.23. The van der Waals surface area contributed by atoms with Gasteiger partial charge in [0.05, 0.1) is 0 Å². The Morgan fingerprint density at radius 3 is 2.40 bits per heavy atom. The fourth-order valence-corrected chi connectivity index (χ4v) is 3.22. The van der Waals surface area contributed by atoms with Crippen LogP contribution < -0.4 is 5.32 Å². The van der Waals surface area contributed by atoms with Gasteiger partial charge in [0.2, 0.25) is 0 Å². The molecule has 106 valence electrons. The number of hydrogen-bond acceptors (Lipinski definition) is 1. The van der Waals surface area contributed by atoms with Crippen LogP contribution in [0, 0.1) is 0 Å². The Balaban J connectivity index is 2.26.